The summed E-state index contributed by atoms with van der Waals surface area (Å²) in [5, 5.41) is 0. The summed E-state index contributed by atoms with van der Waals surface area (Å²) in [4.78, 5) is 11.0. The van der Waals surface area contributed by atoms with E-state index in [2.05, 4.69) is 27.3 Å². The van der Waals surface area contributed by atoms with Gasteiger partial charge in [-0.1, -0.05) is 30.3 Å². The molecule has 0 aliphatic heterocycles. The molecule has 0 aliphatic rings. The summed E-state index contributed by atoms with van der Waals surface area (Å²) in [6.07, 6.45) is 0.0908. The van der Waals surface area contributed by atoms with Gasteiger partial charge in [0.05, 0.1) is 6.61 Å². The molecular formula is C11H13IO3. The van der Waals surface area contributed by atoms with Crippen LogP contribution in [0.3, 0.4) is 0 Å². The summed E-state index contributed by atoms with van der Waals surface area (Å²) in [6.45, 7) is 2.09. The number of hydrogen-bond donors (Lipinski definition) is 0. The predicted molar refractivity (Wildman–Crippen MR) is 66.1 cm³/mol. The molecule has 1 aromatic carbocycles. The minimum atomic E-state index is -0.604. The number of hydrogen-bond acceptors (Lipinski definition) is 3. The van der Waals surface area contributed by atoms with E-state index in [-0.39, 0.29) is 4.11 Å². The van der Waals surface area contributed by atoms with Crippen LogP contribution in [0.4, 0.5) is 4.79 Å². The molecule has 1 atom stereocenters. The van der Waals surface area contributed by atoms with Gasteiger partial charge >= 0.3 is 6.16 Å². The minimum absolute atomic E-state index is 0.191. The zero-order valence-electron chi connectivity index (χ0n) is 8.48. The fourth-order valence-electron chi connectivity index (χ4n) is 1.10. The highest BCUT2D eigenvalue weighted by molar-refractivity contribution is 14.1. The summed E-state index contributed by atoms with van der Waals surface area (Å²) >= 11 is 2.08. The number of rotatable bonds is 4. The van der Waals surface area contributed by atoms with E-state index < -0.39 is 6.16 Å². The molecule has 0 fully saturated rings. The van der Waals surface area contributed by atoms with Gasteiger partial charge in [0.15, 0.2) is 4.11 Å². The molecule has 1 unspecified atom stereocenters. The topological polar surface area (TPSA) is 35.5 Å². The van der Waals surface area contributed by atoms with Crippen LogP contribution < -0.4 is 0 Å². The molecule has 0 spiro atoms. The Morgan fingerprint density at radius 1 is 1.40 bits per heavy atom. The van der Waals surface area contributed by atoms with Gasteiger partial charge in [-0.3, -0.25) is 0 Å². The van der Waals surface area contributed by atoms with Crippen molar-refractivity contribution < 1.29 is 14.3 Å². The van der Waals surface area contributed by atoms with E-state index in [1.165, 1.54) is 0 Å². The zero-order valence-corrected chi connectivity index (χ0v) is 10.6. The van der Waals surface area contributed by atoms with Crippen LogP contribution in [0, 0.1) is 0 Å². The van der Waals surface area contributed by atoms with Gasteiger partial charge in [-0.05, 0) is 35.1 Å². The molecular weight excluding hydrogens is 307 g/mol. The molecule has 0 saturated carbocycles. The highest BCUT2D eigenvalue weighted by Crippen LogP contribution is 2.12. The average molecular weight is 320 g/mol. The summed E-state index contributed by atoms with van der Waals surface area (Å²) in [5.74, 6) is 0. The highest BCUT2D eigenvalue weighted by Gasteiger charge is 2.11. The fourth-order valence-corrected chi connectivity index (χ4v) is 1.81. The van der Waals surface area contributed by atoms with Crippen molar-refractivity contribution in [2.24, 2.45) is 0 Å². The predicted octanol–water partition coefficient (Wildman–Crippen LogP) is 3.16. The second kappa shape index (κ2) is 6.66. The van der Waals surface area contributed by atoms with Gasteiger partial charge in [0.25, 0.3) is 0 Å². The van der Waals surface area contributed by atoms with Crippen molar-refractivity contribution in [1.82, 2.24) is 0 Å². The minimum Gasteiger partial charge on any atom is -0.435 e. The number of ether oxygens (including phenoxy) is 2. The molecule has 1 aromatic rings. The first-order chi connectivity index (χ1) is 7.22. The first kappa shape index (κ1) is 12.3. The standard InChI is InChI=1S/C11H13IO3/c1-2-14-11(13)15-10(12)8-9-6-4-3-5-7-9/h3-7,10H,2,8H2,1H3. The first-order valence-corrected chi connectivity index (χ1v) is 5.98. The second-order valence-corrected chi connectivity index (χ2v) is 4.29. The molecule has 0 amide bonds. The Balaban J connectivity index is 2.36. The van der Waals surface area contributed by atoms with Gasteiger partial charge in [-0.25, -0.2) is 4.79 Å². The number of halogens is 1. The number of benzene rings is 1. The van der Waals surface area contributed by atoms with E-state index >= 15 is 0 Å². The summed E-state index contributed by atoms with van der Waals surface area (Å²) in [6, 6.07) is 9.88. The van der Waals surface area contributed by atoms with Crippen LogP contribution in [0.5, 0.6) is 0 Å². The van der Waals surface area contributed by atoms with Crippen LogP contribution in [0.2, 0.25) is 0 Å². The molecule has 0 radical (unpaired) electrons. The van der Waals surface area contributed by atoms with Crippen LogP contribution in [0.25, 0.3) is 0 Å². The van der Waals surface area contributed by atoms with Gasteiger partial charge in [0, 0.05) is 6.42 Å². The quantitative estimate of drug-likeness (QED) is 0.486. The van der Waals surface area contributed by atoms with E-state index in [9.17, 15) is 4.79 Å². The van der Waals surface area contributed by atoms with Crippen LogP contribution in [0.1, 0.15) is 12.5 Å². The van der Waals surface area contributed by atoms with E-state index in [4.69, 9.17) is 4.74 Å². The Kier molecular flexibility index (Phi) is 5.45. The third kappa shape index (κ3) is 5.01. The Morgan fingerprint density at radius 2 is 2.07 bits per heavy atom. The molecule has 0 saturated heterocycles. The van der Waals surface area contributed by atoms with E-state index in [1.807, 2.05) is 30.3 Å². The SMILES string of the molecule is CCOC(=O)OC(I)Cc1ccccc1. The Bertz CT molecular complexity index is 300. The fraction of sp³-hybridized carbons (Fsp3) is 0.364. The van der Waals surface area contributed by atoms with Crippen molar-refractivity contribution in [3.05, 3.63) is 35.9 Å². The van der Waals surface area contributed by atoms with Crippen molar-refractivity contribution in [2.45, 2.75) is 17.5 Å². The van der Waals surface area contributed by atoms with Gasteiger partial charge in [-0.15, -0.1) is 0 Å². The largest absolute Gasteiger partial charge is 0.509 e. The van der Waals surface area contributed by atoms with Crippen molar-refractivity contribution in [3.8, 4) is 0 Å². The van der Waals surface area contributed by atoms with Gasteiger partial charge < -0.3 is 9.47 Å². The monoisotopic (exact) mass is 320 g/mol. The lowest BCUT2D eigenvalue weighted by molar-refractivity contribution is 0.0552. The number of carbonyl (C=O) groups excluding carboxylic acids is 1. The maximum absolute atomic E-state index is 11.0. The van der Waals surface area contributed by atoms with Crippen LogP contribution in [-0.4, -0.2) is 16.9 Å². The lowest BCUT2D eigenvalue weighted by Crippen LogP contribution is -2.15. The number of carbonyl (C=O) groups is 1. The van der Waals surface area contributed by atoms with Gasteiger partial charge in [0.2, 0.25) is 0 Å². The normalized spacial score (nSPS) is 11.9. The first-order valence-electron chi connectivity index (χ1n) is 4.73. The molecule has 82 valence electrons. The van der Waals surface area contributed by atoms with Crippen LogP contribution >= 0.6 is 22.6 Å². The van der Waals surface area contributed by atoms with Crippen LogP contribution in [0.15, 0.2) is 30.3 Å². The highest BCUT2D eigenvalue weighted by atomic mass is 127. The molecule has 0 aromatic heterocycles. The van der Waals surface area contributed by atoms with Crippen LogP contribution in [-0.2, 0) is 15.9 Å². The van der Waals surface area contributed by atoms with Crippen molar-refractivity contribution >= 4 is 28.7 Å². The molecule has 0 bridgehead atoms. The van der Waals surface area contributed by atoms with Gasteiger partial charge in [-0.2, -0.15) is 0 Å². The van der Waals surface area contributed by atoms with E-state index in [0.29, 0.717) is 13.0 Å². The molecule has 4 heteroatoms. The smallest absolute Gasteiger partial charge is 0.435 e. The van der Waals surface area contributed by atoms with Gasteiger partial charge in [0.1, 0.15) is 0 Å². The second-order valence-electron chi connectivity index (χ2n) is 2.90. The molecule has 15 heavy (non-hydrogen) atoms. The third-order valence-electron chi connectivity index (χ3n) is 1.73. The maximum atomic E-state index is 11.0. The van der Waals surface area contributed by atoms with Crippen molar-refractivity contribution in [1.29, 1.82) is 0 Å². The Labute approximate surface area is 103 Å². The average Bonchev–Trinajstić information content (AvgIpc) is 2.19. The third-order valence-corrected chi connectivity index (χ3v) is 2.42. The lowest BCUT2D eigenvalue weighted by atomic mass is 10.2. The lowest BCUT2D eigenvalue weighted by Gasteiger charge is -2.10. The van der Waals surface area contributed by atoms with Crippen molar-refractivity contribution in [2.75, 3.05) is 6.61 Å². The Morgan fingerprint density at radius 3 is 2.67 bits per heavy atom. The molecule has 1 rings (SSSR count). The summed E-state index contributed by atoms with van der Waals surface area (Å²) < 4.78 is 9.51. The molecule has 3 nitrogen and oxygen atoms in total. The summed E-state index contributed by atoms with van der Waals surface area (Å²) in [5.41, 5.74) is 1.14. The van der Waals surface area contributed by atoms with E-state index in [1.54, 1.807) is 6.92 Å². The Hall–Kier alpha value is -0.780. The maximum Gasteiger partial charge on any atom is 0.509 e. The zero-order chi connectivity index (χ0) is 11.1. The summed E-state index contributed by atoms with van der Waals surface area (Å²) in [7, 11) is 0. The van der Waals surface area contributed by atoms with Crippen molar-refractivity contribution in [3.63, 3.8) is 0 Å². The molecule has 0 heterocycles. The molecule has 0 N–H and O–H groups in total. The number of alkyl halides is 1. The molecule has 0 aliphatic carbocycles. The van der Waals surface area contributed by atoms with E-state index in [0.717, 1.165) is 5.56 Å².